The van der Waals surface area contributed by atoms with Gasteiger partial charge in [-0.25, -0.2) is 5.57 Å². The van der Waals surface area contributed by atoms with Crippen LogP contribution in [0, 0.1) is 6.08 Å². The Morgan fingerprint density at radius 3 is 2.16 bits per heavy atom. The van der Waals surface area contributed by atoms with Gasteiger partial charge in [0.05, 0.1) is 0 Å². The summed E-state index contributed by atoms with van der Waals surface area (Å²) in [5.74, 6) is 0. The molecule has 1 aromatic rings. The Kier molecular flexibility index (Phi) is 14.2. The van der Waals surface area contributed by atoms with Gasteiger partial charge in [0.15, 0.2) is 0 Å². The van der Waals surface area contributed by atoms with Crippen molar-refractivity contribution < 1.29 is 58.9 Å². The second kappa shape index (κ2) is 12.8. The number of hydrogen-bond acceptors (Lipinski definition) is 0. The Labute approximate surface area is 188 Å². The maximum Gasteiger partial charge on any atom is 4.00 e. The summed E-state index contributed by atoms with van der Waals surface area (Å²) in [7, 11) is -1.61. The van der Waals surface area contributed by atoms with E-state index in [-0.39, 0.29) is 58.9 Å². The molecule has 1 saturated carbocycles. The largest absolute Gasteiger partial charge is 4.00 e. The van der Waals surface area contributed by atoms with Gasteiger partial charge in [-0.3, -0.25) is 6.08 Å². The second-order valence-corrected chi connectivity index (χ2v) is 11.1. The van der Waals surface area contributed by atoms with Gasteiger partial charge >= 0.3 is 21.7 Å². The van der Waals surface area contributed by atoms with Crippen molar-refractivity contribution in [2.45, 2.75) is 64.0 Å². The minimum Gasteiger partial charge on any atom is -1.00 e. The Morgan fingerprint density at radius 2 is 1.60 bits per heavy atom. The Morgan fingerprint density at radius 1 is 1.00 bits per heavy atom. The van der Waals surface area contributed by atoms with Crippen molar-refractivity contribution in [3.8, 4) is 0 Å². The Hall–Kier alpha value is 0.501. The first-order chi connectivity index (χ1) is 10.3. The molecular formula is C20H27Cl3SiTi. The molecule has 1 unspecified atom stereocenters. The van der Waals surface area contributed by atoms with Gasteiger partial charge in [0.25, 0.3) is 0 Å². The van der Waals surface area contributed by atoms with Crippen LogP contribution in [0.15, 0.2) is 47.2 Å². The van der Waals surface area contributed by atoms with E-state index in [1.165, 1.54) is 37.7 Å². The van der Waals surface area contributed by atoms with Crippen LogP contribution in [0.25, 0.3) is 0 Å². The molecule has 0 heterocycles. The molecule has 0 radical (unpaired) electrons. The molecule has 0 bridgehead atoms. The van der Waals surface area contributed by atoms with Crippen LogP contribution in [0.3, 0.4) is 0 Å². The summed E-state index contributed by atoms with van der Waals surface area (Å²) in [6, 6.07) is 11.4. The van der Waals surface area contributed by atoms with Crippen molar-refractivity contribution >= 4 is 13.3 Å². The molecule has 1 aromatic carbocycles. The third-order valence-corrected chi connectivity index (χ3v) is 11.0. The van der Waals surface area contributed by atoms with E-state index in [4.69, 9.17) is 0 Å². The molecule has 25 heavy (non-hydrogen) atoms. The van der Waals surface area contributed by atoms with Gasteiger partial charge in [-0.05, 0) is 0 Å². The number of benzene rings is 1. The van der Waals surface area contributed by atoms with Crippen molar-refractivity contribution in [1.82, 2.24) is 0 Å². The summed E-state index contributed by atoms with van der Waals surface area (Å²) < 4.78 is 0. The molecule has 2 aliphatic rings. The van der Waals surface area contributed by atoms with Crippen LogP contribution in [0.2, 0.25) is 12.1 Å². The molecule has 2 aliphatic carbocycles. The van der Waals surface area contributed by atoms with E-state index in [2.05, 4.69) is 56.0 Å². The molecule has 136 valence electrons. The van der Waals surface area contributed by atoms with Gasteiger partial charge in [0, 0.05) is 8.07 Å². The van der Waals surface area contributed by atoms with E-state index >= 15 is 0 Å². The van der Waals surface area contributed by atoms with Crippen molar-refractivity contribution in [3.63, 3.8) is 0 Å². The predicted molar refractivity (Wildman–Crippen MR) is 94.3 cm³/mol. The van der Waals surface area contributed by atoms with E-state index in [9.17, 15) is 0 Å². The van der Waals surface area contributed by atoms with Gasteiger partial charge in [-0.15, -0.1) is 6.42 Å². The first-order valence-electron chi connectivity index (χ1n) is 8.63. The molecule has 0 aliphatic heterocycles. The fourth-order valence-corrected chi connectivity index (χ4v) is 9.50. The number of allylic oxidation sites excluding steroid dienone is 4. The monoisotopic (exact) mass is 448 g/mol. The molecule has 3 rings (SSSR count). The first kappa shape index (κ1) is 27.7. The van der Waals surface area contributed by atoms with Crippen molar-refractivity contribution in [2.24, 2.45) is 0 Å². The van der Waals surface area contributed by atoms with Crippen LogP contribution >= 0.6 is 0 Å². The third kappa shape index (κ3) is 5.74. The van der Waals surface area contributed by atoms with Crippen LogP contribution in [0.4, 0.5) is 0 Å². The number of rotatable bonds is 4. The zero-order chi connectivity index (χ0) is 14.7. The summed E-state index contributed by atoms with van der Waals surface area (Å²) >= 11 is 0. The van der Waals surface area contributed by atoms with E-state index in [1.807, 2.05) is 0 Å². The third-order valence-electron chi connectivity index (χ3n) is 5.65. The Balaban J connectivity index is 0. The molecule has 0 saturated heterocycles. The average Bonchev–Trinajstić information content (AvgIpc) is 3.05. The summed E-state index contributed by atoms with van der Waals surface area (Å²) in [6.07, 6.45) is 15.5. The van der Waals surface area contributed by atoms with E-state index < -0.39 is 8.07 Å². The smallest absolute Gasteiger partial charge is 1.00 e. The Bertz CT molecular complexity index is 553. The maximum atomic E-state index is 3.63. The second-order valence-electron chi connectivity index (χ2n) is 6.73. The number of halogens is 3. The summed E-state index contributed by atoms with van der Waals surface area (Å²) in [5, 5.41) is 3.35. The number of hydrogen-bond donors (Lipinski definition) is 0. The maximum absolute atomic E-state index is 3.63. The zero-order valence-corrected chi connectivity index (χ0v) is 20.0. The van der Waals surface area contributed by atoms with Crippen LogP contribution in [-0.4, -0.2) is 8.07 Å². The summed E-state index contributed by atoms with van der Waals surface area (Å²) in [5.41, 5.74) is 2.44. The van der Waals surface area contributed by atoms with Crippen molar-refractivity contribution in [2.75, 3.05) is 0 Å². The molecule has 0 aromatic heterocycles. The fraction of sp³-hybridized carbons (Fsp3) is 0.500. The summed E-state index contributed by atoms with van der Waals surface area (Å²) in [4.78, 5) is 0. The standard InChI is InChI=1S/C20H27Si.3ClH.Ti/c1-3-17-11-10-16-20(17)21(2,18-12-6-4-7-13-18)19-14-8-5-9-15-19;;;;/h4,6-7,12-13,16,19H,3,5,8-10,14-15H2,1-2H3;3*1H;/q-1;;;;+4/p-3. The molecule has 1 atom stereocenters. The molecule has 5 heteroatoms. The topological polar surface area (TPSA) is 0 Å². The molecular weight excluding hydrogens is 423 g/mol. The molecule has 0 nitrogen and oxygen atoms in total. The fourth-order valence-electron chi connectivity index (χ4n) is 4.41. The van der Waals surface area contributed by atoms with Crippen LogP contribution in [-0.2, 0) is 21.7 Å². The van der Waals surface area contributed by atoms with Gasteiger partial charge in [0.1, 0.15) is 0 Å². The zero-order valence-electron chi connectivity index (χ0n) is 15.1. The minimum absolute atomic E-state index is 0. The average molecular weight is 450 g/mol. The van der Waals surface area contributed by atoms with Crippen LogP contribution in [0.5, 0.6) is 0 Å². The van der Waals surface area contributed by atoms with Crippen molar-refractivity contribution in [1.29, 1.82) is 0 Å². The molecule has 0 spiro atoms. The minimum atomic E-state index is -1.61. The van der Waals surface area contributed by atoms with Crippen molar-refractivity contribution in [3.05, 3.63) is 53.3 Å². The van der Waals surface area contributed by atoms with Crippen LogP contribution < -0.4 is 42.4 Å². The van der Waals surface area contributed by atoms with Crippen LogP contribution in [0.1, 0.15) is 51.9 Å². The molecule has 0 amide bonds. The quantitative estimate of drug-likeness (QED) is 0.328. The molecule has 0 N–H and O–H groups in total. The predicted octanol–water partition coefficient (Wildman–Crippen LogP) is -3.68. The van der Waals surface area contributed by atoms with Gasteiger partial charge < -0.3 is 37.2 Å². The van der Waals surface area contributed by atoms with Gasteiger partial charge in [-0.1, -0.05) is 93.1 Å². The van der Waals surface area contributed by atoms with E-state index in [0.717, 1.165) is 18.4 Å². The van der Waals surface area contributed by atoms with E-state index in [1.54, 1.807) is 10.4 Å². The SMILES string of the molecule is CCC1=[C-]CC=C1[Si](C)(c1ccccc1)C1CCCCC1.[Cl-].[Cl-].[Cl-].[Ti+4]. The van der Waals surface area contributed by atoms with Gasteiger partial charge in [-0.2, -0.15) is 11.3 Å². The summed E-state index contributed by atoms with van der Waals surface area (Å²) in [6.45, 7) is 4.93. The van der Waals surface area contributed by atoms with E-state index in [0.29, 0.717) is 0 Å². The van der Waals surface area contributed by atoms with Gasteiger partial charge in [0.2, 0.25) is 0 Å². The first-order valence-corrected chi connectivity index (χ1v) is 11.2. The normalized spacial score (nSPS) is 19.0. The molecule has 1 fully saturated rings.